The third-order valence-electron chi connectivity index (χ3n) is 3.20. The molecule has 0 bridgehead atoms. The van der Waals surface area contributed by atoms with E-state index in [1.807, 2.05) is 34.9 Å². The molecule has 1 aromatic carbocycles. The Morgan fingerprint density at radius 2 is 2.06 bits per heavy atom. The number of benzene rings is 1. The van der Waals surface area contributed by atoms with Crippen LogP contribution in [0.5, 0.6) is 0 Å². The van der Waals surface area contributed by atoms with E-state index >= 15 is 0 Å². The lowest BCUT2D eigenvalue weighted by Crippen LogP contribution is -2.23. The van der Waals surface area contributed by atoms with Crippen molar-refractivity contribution in [3.05, 3.63) is 41.8 Å². The second-order valence-electron chi connectivity index (χ2n) is 4.45. The van der Waals surface area contributed by atoms with Crippen molar-refractivity contribution in [1.82, 2.24) is 9.55 Å². The van der Waals surface area contributed by atoms with Gasteiger partial charge in [0.25, 0.3) is 0 Å². The summed E-state index contributed by atoms with van der Waals surface area (Å²) in [6.07, 6.45) is 2.22. The van der Waals surface area contributed by atoms with Crippen LogP contribution in [0.4, 0.5) is 5.82 Å². The Hall–Kier alpha value is -1.52. The molecule has 1 aliphatic rings. The van der Waals surface area contributed by atoms with Crippen LogP contribution in [-0.4, -0.2) is 33.9 Å². The molecule has 0 radical (unpaired) electrons. The van der Waals surface area contributed by atoms with E-state index in [1.165, 1.54) is 0 Å². The molecule has 5 heteroatoms. The van der Waals surface area contributed by atoms with E-state index in [2.05, 4.69) is 9.88 Å². The molecule has 1 saturated heterocycles. The predicted octanol–water partition coefficient (Wildman–Crippen LogP) is 2.10. The highest BCUT2D eigenvalue weighted by atomic mass is 35.5. The summed E-state index contributed by atoms with van der Waals surface area (Å²) < 4.78 is 1.96. The van der Waals surface area contributed by atoms with Gasteiger partial charge < -0.3 is 10.0 Å². The predicted molar refractivity (Wildman–Crippen MR) is 71.4 cm³/mol. The van der Waals surface area contributed by atoms with Crippen LogP contribution in [0.15, 0.2) is 36.7 Å². The molecule has 0 aliphatic carbocycles. The quantitative estimate of drug-likeness (QED) is 0.902. The van der Waals surface area contributed by atoms with Crippen molar-refractivity contribution in [3.63, 3.8) is 0 Å². The van der Waals surface area contributed by atoms with Crippen molar-refractivity contribution in [3.8, 4) is 5.69 Å². The summed E-state index contributed by atoms with van der Waals surface area (Å²) in [6.45, 7) is 1.41. The molecule has 1 aromatic heterocycles. The van der Waals surface area contributed by atoms with Crippen LogP contribution in [-0.2, 0) is 0 Å². The van der Waals surface area contributed by atoms with E-state index in [0.717, 1.165) is 24.5 Å². The molecule has 0 spiro atoms. The zero-order chi connectivity index (χ0) is 12.5. The topological polar surface area (TPSA) is 41.3 Å². The number of para-hydroxylation sites is 1. The Kier molecular flexibility index (Phi) is 2.97. The Balaban J connectivity index is 2.02. The molecule has 1 N–H and O–H groups in total. The monoisotopic (exact) mass is 263 g/mol. The summed E-state index contributed by atoms with van der Waals surface area (Å²) in [7, 11) is 0. The van der Waals surface area contributed by atoms with Crippen LogP contribution in [0.1, 0.15) is 6.42 Å². The second-order valence-corrected chi connectivity index (χ2v) is 4.81. The van der Waals surface area contributed by atoms with Gasteiger partial charge in [-0.3, -0.25) is 4.57 Å². The molecule has 1 unspecified atom stereocenters. The van der Waals surface area contributed by atoms with Crippen molar-refractivity contribution in [2.45, 2.75) is 12.5 Å². The van der Waals surface area contributed by atoms with Gasteiger partial charge in [0.05, 0.1) is 6.10 Å². The number of β-amino-alcohol motifs (C(OH)–C–C–N with tert-alkyl or cyclic N) is 1. The molecule has 1 fully saturated rings. The van der Waals surface area contributed by atoms with E-state index < -0.39 is 0 Å². The van der Waals surface area contributed by atoms with Crippen LogP contribution in [0.3, 0.4) is 0 Å². The van der Waals surface area contributed by atoms with Crippen molar-refractivity contribution in [1.29, 1.82) is 0 Å². The lowest BCUT2D eigenvalue weighted by Gasteiger charge is -2.20. The number of imidazole rings is 1. The molecular weight excluding hydrogens is 250 g/mol. The van der Waals surface area contributed by atoms with Crippen molar-refractivity contribution in [2.75, 3.05) is 18.0 Å². The third kappa shape index (κ3) is 1.98. The standard InChI is InChI=1S/C13H14ClN3O/c14-12-13(16-7-6-11(18)8-16)17(9-15-12)10-4-2-1-3-5-10/h1-5,9,11,18H,6-8H2. The van der Waals surface area contributed by atoms with Crippen LogP contribution in [0, 0.1) is 0 Å². The number of hydrogen-bond donors (Lipinski definition) is 1. The van der Waals surface area contributed by atoms with E-state index in [4.69, 9.17) is 11.6 Å². The SMILES string of the molecule is OC1CCN(c2c(Cl)ncn2-c2ccccc2)C1. The minimum Gasteiger partial charge on any atom is -0.391 e. The van der Waals surface area contributed by atoms with Crippen molar-refractivity contribution in [2.24, 2.45) is 0 Å². The third-order valence-corrected chi connectivity index (χ3v) is 3.46. The normalized spacial score (nSPS) is 19.4. The van der Waals surface area contributed by atoms with Gasteiger partial charge in [0.2, 0.25) is 0 Å². The van der Waals surface area contributed by atoms with Gasteiger partial charge in [-0.15, -0.1) is 0 Å². The summed E-state index contributed by atoms with van der Waals surface area (Å²) in [5, 5.41) is 10.1. The summed E-state index contributed by atoms with van der Waals surface area (Å²) in [5.74, 6) is 0.861. The maximum absolute atomic E-state index is 9.64. The fraction of sp³-hybridized carbons (Fsp3) is 0.308. The highest BCUT2D eigenvalue weighted by Crippen LogP contribution is 2.30. The van der Waals surface area contributed by atoms with E-state index in [0.29, 0.717) is 11.7 Å². The first-order valence-corrected chi connectivity index (χ1v) is 6.35. The molecular formula is C13H14ClN3O. The molecule has 3 rings (SSSR count). The zero-order valence-electron chi connectivity index (χ0n) is 9.83. The number of nitrogens with zero attached hydrogens (tertiary/aromatic N) is 3. The molecule has 1 atom stereocenters. The first-order chi connectivity index (χ1) is 8.75. The molecule has 0 amide bonds. The van der Waals surface area contributed by atoms with Gasteiger partial charge in [0.1, 0.15) is 6.33 Å². The Bertz CT molecular complexity index is 540. The lowest BCUT2D eigenvalue weighted by atomic mass is 10.3. The van der Waals surface area contributed by atoms with Gasteiger partial charge in [-0.05, 0) is 18.6 Å². The summed E-state index contributed by atoms with van der Waals surface area (Å²) in [4.78, 5) is 6.24. The molecule has 2 aromatic rings. The molecule has 18 heavy (non-hydrogen) atoms. The molecule has 94 valence electrons. The molecule has 4 nitrogen and oxygen atoms in total. The minimum absolute atomic E-state index is 0.278. The van der Waals surface area contributed by atoms with Gasteiger partial charge in [-0.2, -0.15) is 0 Å². The number of halogens is 1. The van der Waals surface area contributed by atoms with Crippen molar-refractivity contribution >= 4 is 17.4 Å². The highest BCUT2D eigenvalue weighted by molar-refractivity contribution is 6.31. The fourth-order valence-electron chi connectivity index (χ4n) is 2.31. The molecule has 0 saturated carbocycles. The molecule has 1 aliphatic heterocycles. The van der Waals surface area contributed by atoms with Gasteiger partial charge in [-0.25, -0.2) is 4.98 Å². The number of anilines is 1. The number of aromatic nitrogens is 2. The minimum atomic E-state index is -0.278. The summed E-state index contributed by atoms with van der Waals surface area (Å²) >= 11 is 6.17. The lowest BCUT2D eigenvalue weighted by molar-refractivity contribution is 0.198. The second kappa shape index (κ2) is 4.63. The number of rotatable bonds is 2. The maximum atomic E-state index is 9.64. The zero-order valence-corrected chi connectivity index (χ0v) is 10.6. The largest absolute Gasteiger partial charge is 0.391 e. The van der Waals surface area contributed by atoms with Crippen molar-refractivity contribution < 1.29 is 5.11 Å². The van der Waals surface area contributed by atoms with Crippen LogP contribution >= 0.6 is 11.6 Å². The van der Waals surface area contributed by atoms with E-state index in [1.54, 1.807) is 6.33 Å². The average Bonchev–Trinajstić information content (AvgIpc) is 2.96. The number of aliphatic hydroxyl groups excluding tert-OH is 1. The van der Waals surface area contributed by atoms with Crippen LogP contribution < -0.4 is 4.90 Å². The summed E-state index contributed by atoms with van der Waals surface area (Å²) in [5.41, 5.74) is 1.02. The van der Waals surface area contributed by atoms with Gasteiger partial charge in [0.15, 0.2) is 11.0 Å². The van der Waals surface area contributed by atoms with Gasteiger partial charge in [-0.1, -0.05) is 29.8 Å². The average molecular weight is 264 g/mol. The Morgan fingerprint density at radius 1 is 1.28 bits per heavy atom. The summed E-state index contributed by atoms with van der Waals surface area (Å²) in [6, 6.07) is 9.95. The highest BCUT2D eigenvalue weighted by Gasteiger charge is 2.25. The van der Waals surface area contributed by atoms with E-state index in [-0.39, 0.29) is 6.10 Å². The number of hydrogen-bond acceptors (Lipinski definition) is 3. The Labute approximate surface area is 110 Å². The van der Waals surface area contributed by atoms with Crippen LogP contribution in [0.25, 0.3) is 5.69 Å². The van der Waals surface area contributed by atoms with E-state index in [9.17, 15) is 5.11 Å². The first kappa shape index (κ1) is 11.6. The van der Waals surface area contributed by atoms with Gasteiger partial charge >= 0.3 is 0 Å². The Morgan fingerprint density at radius 3 is 2.72 bits per heavy atom. The maximum Gasteiger partial charge on any atom is 0.171 e. The fourth-order valence-corrected chi connectivity index (χ4v) is 2.57. The first-order valence-electron chi connectivity index (χ1n) is 5.97. The van der Waals surface area contributed by atoms with Crippen LogP contribution in [0.2, 0.25) is 5.15 Å². The molecule has 2 heterocycles. The van der Waals surface area contributed by atoms with Gasteiger partial charge in [0, 0.05) is 18.8 Å². The number of aliphatic hydroxyl groups is 1. The smallest absolute Gasteiger partial charge is 0.171 e.